The third kappa shape index (κ3) is 3.26. The van der Waals surface area contributed by atoms with Crippen LogP contribution in [-0.4, -0.2) is 89.2 Å². The van der Waals surface area contributed by atoms with Crippen molar-refractivity contribution in [2.45, 2.75) is 101 Å². The number of rotatable bonds is 8. The fourth-order valence-corrected chi connectivity index (χ4v) is 12.0. The van der Waals surface area contributed by atoms with Gasteiger partial charge in [-0.1, -0.05) is 39.0 Å². The van der Waals surface area contributed by atoms with Gasteiger partial charge in [-0.2, -0.15) is 0 Å². The van der Waals surface area contributed by atoms with Gasteiger partial charge in [0.25, 0.3) is 0 Å². The summed E-state index contributed by atoms with van der Waals surface area (Å²) in [5, 5.41) is 25.6. The molecule has 1 saturated heterocycles. The van der Waals surface area contributed by atoms with Gasteiger partial charge in [0.15, 0.2) is 0 Å². The van der Waals surface area contributed by atoms with Gasteiger partial charge < -0.3 is 24.4 Å². The van der Waals surface area contributed by atoms with Gasteiger partial charge in [-0.05, 0) is 62.1 Å². The minimum Gasteiger partial charge on any atom is -0.454 e. The lowest BCUT2D eigenvalue weighted by Gasteiger charge is -2.70. The summed E-state index contributed by atoms with van der Waals surface area (Å²) in [6.45, 7) is 7.54. The number of esters is 1. The highest BCUT2D eigenvalue weighted by molar-refractivity contribution is 5.93. The number of nitrogens with zero attached hydrogens (tertiary/aromatic N) is 1. The molecule has 1 aliphatic heterocycles. The lowest BCUT2D eigenvalue weighted by Crippen LogP contribution is -2.83. The molecule has 3 unspecified atom stereocenters. The van der Waals surface area contributed by atoms with Crippen LogP contribution in [0.1, 0.15) is 75.2 Å². The van der Waals surface area contributed by atoms with Crippen LogP contribution in [0.3, 0.4) is 0 Å². The zero-order chi connectivity index (χ0) is 29.8. The standard InChI is InChI=1S/C34H47NO7/c1-6-21(36)14-20-10-8-9-11-22(20)30(37)42-31-13-12-27(40-4)33-25(31)16-24(28(33)35(7-2)18-31)32(38)17-19(3)23-15-26(33)34(32,39)29(23)41-5/h8-11,19,23-29,38-39H,6-7,12-18H2,1-5H3/t19-,23+,24?,25?,26?,27-,28+,29-,31+,32-,33-,34-/m0/s1. The van der Waals surface area contributed by atoms with Crippen molar-refractivity contribution in [3.8, 4) is 0 Å². The number of aliphatic hydroxyl groups is 2. The van der Waals surface area contributed by atoms with E-state index in [1.54, 1.807) is 20.3 Å². The molecule has 42 heavy (non-hydrogen) atoms. The Balaban J connectivity index is 1.36. The number of methoxy groups -OCH3 is 2. The van der Waals surface area contributed by atoms with E-state index in [4.69, 9.17) is 14.2 Å². The summed E-state index contributed by atoms with van der Waals surface area (Å²) in [4.78, 5) is 28.9. The number of Topliss-reactive ketones (excluding diaryl/α,β-unsaturated/α-hetero) is 1. The van der Waals surface area contributed by atoms with Crippen molar-refractivity contribution in [1.82, 2.24) is 4.90 Å². The number of piperidine rings is 1. The van der Waals surface area contributed by atoms with Crippen molar-refractivity contribution in [3.05, 3.63) is 35.4 Å². The van der Waals surface area contributed by atoms with Crippen LogP contribution in [0.2, 0.25) is 0 Å². The van der Waals surface area contributed by atoms with Crippen LogP contribution in [0, 0.1) is 35.0 Å². The molecule has 6 aliphatic rings. The van der Waals surface area contributed by atoms with E-state index in [9.17, 15) is 19.8 Å². The number of carbonyl (C=O) groups excluding carboxylic acids is 2. The zero-order valence-electron chi connectivity index (χ0n) is 25.7. The fourth-order valence-electron chi connectivity index (χ4n) is 12.0. The molecule has 1 aromatic carbocycles. The Kier molecular flexibility index (Phi) is 6.59. The molecule has 1 heterocycles. The first-order valence-electron chi connectivity index (χ1n) is 16.1. The monoisotopic (exact) mass is 581 g/mol. The van der Waals surface area contributed by atoms with E-state index in [0.717, 1.165) is 19.4 Å². The third-order valence-electron chi connectivity index (χ3n) is 13.3. The molecule has 5 saturated carbocycles. The van der Waals surface area contributed by atoms with E-state index < -0.39 is 28.3 Å². The quantitative estimate of drug-likeness (QED) is 0.450. The van der Waals surface area contributed by atoms with Crippen LogP contribution in [-0.2, 0) is 25.4 Å². The molecule has 7 bridgehead atoms. The Bertz CT molecular complexity index is 1290. The molecular formula is C34H47NO7. The summed E-state index contributed by atoms with van der Waals surface area (Å²) in [7, 11) is 3.45. The summed E-state index contributed by atoms with van der Waals surface area (Å²) < 4.78 is 19.2. The van der Waals surface area contributed by atoms with E-state index >= 15 is 0 Å². The third-order valence-corrected chi connectivity index (χ3v) is 13.3. The molecular weight excluding hydrogens is 534 g/mol. The Morgan fingerprint density at radius 3 is 2.52 bits per heavy atom. The fraction of sp³-hybridized carbons (Fsp3) is 0.765. The molecule has 12 atom stereocenters. The van der Waals surface area contributed by atoms with E-state index in [1.165, 1.54) is 0 Å². The van der Waals surface area contributed by atoms with E-state index in [0.29, 0.717) is 43.4 Å². The first-order valence-corrected chi connectivity index (χ1v) is 16.1. The molecule has 8 nitrogen and oxygen atoms in total. The maximum atomic E-state index is 14.1. The SMILES string of the molecule is CCC(=O)Cc1ccccc1C(=O)O[C@@]12CC[C@H](OC)[C@@]34C1CC([C@H]3N(CC)C2)[C@@]1(O)C[C@H](C)[C@H]2CC4[C@]1(O)[C@H]2OC. The average molecular weight is 582 g/mol. The highest BCUT2D eigenvalue weighted by Crippen LogP contribution is 2.79. The molecule has 0 aromatic heterocycles. The van der Waals surface area contributed by atoms with Gasteiger partial charge >= 0.3 is 5.97 Å². The molecule has 1 spiro atoms. The average Bonchev–Trinajstić information content (AvgIpc) is 3.41. The van der Waals surface area contributed by atoms with Gasteiger partial charge in [-0.3, -0.25) is 9.69 Å². The van der Waals surface area contributed by atoms with Gasteiger partial charge in [0.05, 0.1) is 17.8 Å². The summed E-state index contributed by atoms with van der Waals surface area (Å²) in [5.41, 5.74) is -2.80. The van der Waals surface area contributed by atoms with Crippen molar-refractivity contribution in [2.24, 2.45) is 35.0 Å². The van der Waals surface area contributed by atoms with Crippen LogP contribution in [0.5, 0.6) is 0 Å². The van der Waals surface area contributed by atoms with Crippen LogP contribution < -0.4 is 0 Å². The van der Waals surface area contributed by atoms with Crippen molar-refractivity contribution < 1.29 is 34.0 Å². The minimum absolute atomic E-state index is 0.0240. The smallest absolute Gasteiger partial charge is 0.339 e. The van der Waals surface area contributed by atoms with Crippen LogP contribution in [0.4, 0.5) is 0 Å². The number of likely N-dealkylation sites (N-methyl/N-ethyl adjacent to an activating group) is 1. The Morgan fingerprint density at radius 2 is 1.83 bits per heavy atom. The minimum atomic E-state index is -1.39. The van der Waals surface area contributed by atoms with Crippen molar-refractivity contribution in [2.75, 3.05) is 27.3 Å². The van der Waals surface area contributed by atoms with Crippen LogP contribution in [0.15, 0.2) is 24.3 Å². The predicted octanol–water partition coefficient (Wildman–Crippen LogP) is 3.41. The molecule has 7 rings (SSSR count). The number of hydrogen-bond acceptors (Lipinski definition) is 8. The number of hydrogen-bond donors (Lipinski definition) is 2. The lowest BCUT2D eigenvalue weighted by molar-refractivity contribution is -0.335. The summed E-state index contributed by atoms with van der Waals surface area (Å²) in [6.07, 6.45) is 3.43. The number of ether oxygens (including phenoxy) is 3. The Hall–Kier alpha value is -1.84. The van der Waals surface area contributed by atoms with Gasteiger partial charge in [0, 0.05) is 62.8 Å². The van der Waals surface area contributed by atoms with E-state index in [1.807, 2.05) is 25.1 Å². The van der Waals surface area contributed by atoms with Crippen LogP contribution >= 0.6 is 0 Å². The number of fused-ring (bicyclic) bond motifs is 2. The Labute approximate surface area is 249 Å². The molecule has 8 heteroatoms. The molecule has 5 aliphatic carbocycles. The number of benzene rings is 1. The van der Waals surface area contributed by atoms with Gasteiger partial charge in [-0.15, -0.1) is 0 Å². The molecule has 0 amide bonds. The molecule has 0 radical (unpaired) electrons. The molecule has 1 aromatic rings. The highest BCUT2D eigenvalue weighted by Gasteiger charge is 2.88. The van der Waals surface area contributed by atoms with E-state index in [-0.39, 0.29) is 59.9 Å². The second-order valence-electron chi connectivity index (χ2n) is 14.4. The summed E-state index contributed by atoms with van der Waals surface area (Å²) in [6, 6.07) is 7.33. The molecule has 2 N–H and O–H groups in total. The van der Waals surface area contributed by atoms with Gasteiger partial charge in [0.2, 0.25) is 0 Å². The second-order valence-corrected chi connectivity index (χ2v) is 14.4. The van der Waals surface area contributed by atoms with Crippen molar-refractivity contribution in [3.63, 3.8) is 0 Å². The maximum absolute atomic E-state index is 14.1. The van der Waals surface area contributed by atoms with E-state index in [2.05, 4.69) is 18.7 Å². The van der Waals surface area contributed by atoms with Crippen LogP contribution in [0.25, 0.3) is 0 Å². The second kappa shape index (κ2) is 9.58. The zero-order valence-corrected chi connectivity index (χ0v) is 25.7. The summed E-state index contributed by atoms with van der Waals surface area (Å²) in [5.74, 6) is -0.420. The van der Waals surface area contributed by atoms with Crippen molar-refractivity contribution >= 4 is 11.8 Å². The highest BCUT2D eigenvalue weighted by atomic mass is 16.6. The topological polar surface area (TPSA) is 106 Å². The lowest BCUT2D eigenvalue weighted by atomic mass is 9.43. The number of likely N-dealkylation sites (tertiary alicyclic amines) is 1. The molecule has 230 valence electrons. The van der Waals surface area contributed by atoms with Crippen molar-refractivity contribution in [1.29, 1.82) is 0 Å². The first kappa shape index (κ1) is 28.9. The Morgan fingerprint density at radius 1 is 1.07 bits per heavy atom. The largest absolute Gasteiger partial charge is 0.454 e. The summed E-state index contributed by atoms with van der Waals surface area (Å²) >= 11 is 0. The number of ketones is 1. The first-order chi connectivity index (χ1) is 20.1. The normalized spacial score (nSPS) is 48.3. The van der Waals surface area contributed by atoms with Gasteiger partial charge in [0.1, 0.15) is 22.6 Å². The maximum Gasteiger partial charge on any atom is 0.339 e. The predicted molar refractivity (Wildman–Crippen MR) is 155 cm³/mol. The number of carbonyl (C=O) groups is 2. The molecule has 6 fully saturated rings. The van der Waals surface area contributed by atoms with Gasteiger partial charge in [-0.25, -0.2) is 4.79 Å².